The van der Waals surface area contributed by atoms with E-state index in [1.807, 2.05) is 6.92 Å². The Bertz CT molecular complexity index is 125. The molecule has 0 spiro atoms. The second kappa shape index (κ2) is 5.30. The van der Waals surface area contributed by atoms with Crippen molar-refractivity contribution in [3.05, 3.63) is 12.7 Å². The molecule has 0 saturated heterocycles. The highest BCUT2D eigenvalue weighted by atomic mass is 35.5. The highest BCUT2D eigenvalue weighted by Crippen LogP contribution is 1.91. The molecule has 58 valence electrons. The summed E-state index contributed by atoms with van der Waals surface area (Å²) in [5.41, 5.74) is 0. The molecule has 1 amide bonds. The molecule has 0 aromatic carbocycles. The average molecular weight is 162 g/mol. The first-order valence-electron chi connectivity index (χ1n) is 3.20. The van der Waals surface area contributed by atoms with Crippen molar-refractivity contribution >= 4 is 17.5 Å². The molecule has 10 heavy (non-hydrogen) atoms. The molecule has 3 heteroatoms. The normalized spacial score (nSPS) is 9.00. The number of alkyl halides is 1. The van der Waals surface area contributed by atoms with Gasteiger partial charge in [-0.3, -0.25) is 4.79 Å². The Kier molecular flexibility index (Phi) is 5.03. The Balaban J connectivity index is 3.79. The molecule has 0 heterocycles. The van der Waals surface area contributed by atoms with Crippen LogP contribution in [0.25, 0.3) is 0 Å². The molecule has 0 rings (SSSR count). The molecule has 0 radical (unpaired) electrons. The summed E-state index contributed by atoms with van der Waals surface area (Å²) in [6.45, 7) is 6.72. The van der Waals surface area contributed by atoms with E-state index >= 15 is 0 Å². The maximum atomic E-state index is 10.9. The molecule has 0 fully saturated rings. The summed E-state index contributed by atoms with van der Waals surface area (Å²) < 4.78 is 0. The number of amides is 1. The molecule has 0 aromatic rings. The summed E-state index contributed by atoms with van der Waals surface area (Å²) in [5, 5.41) is 0. The molecule has 2 nitrogen and oxygen atoms in total. The number of hydrogen-bond acceptors (Lipinski definition) is 1. The second-order valence-corrected chi connectivity index (χ2v) is 2.12. The maximum Gasteiger partial charge on any atom is 0.237 e. The third-order valence-electron chi connectivity index (χ3n) is 1.20. The molecule has 0 atom stereocenters. The van der Waals surface area contributed by atoms with Crippen molar-refractivity contribution in [3.8, 4) is 0 Å². The topological polar surface area (TPSA) is 20.3 Å². The smallest absolute Gasteiger partial charge is 0.237 e. The molecule has 0 aliphatic carbocycles. The van der Waals surface area contributed by atoms with E-state index in [9.17, 15) is 4.79 Å². The number of rotatable bonds is 4. The first-order chi connectivity index (χ1) is 4.76. The Morgan fingerprint density at radius 3 is 2.70 bits per heavy atom. The van der Waals surface area contributed by atoms with Gasteiger partial charge >= 0.3 is 0 Å². The molecular formula is C7H12ClNO. The van der Waals surface area contributed by atoms with Crippen LogP contribution >= 0.6 is 11.6 Å². The van der Waals surface area contributed by atoms with Crippen molar-refractivity contribution in [2.45, 2.75) is 6.92 Å². The summed E-state index contributed by atoms with van der Waals surface area (Å²) in [7, 11) is 0. The van der Waals surface area contributed by atoms with Crippen LogP contribution < -0.4 is 0 Å². The largest absolute Gasteiger partial charge is 0.338 e. The second-order valence-electron chi connectivity index (χ2n) is 1.85. The minimum absolute atomic E-state index is 0.0379. The van der Waals surface area contributed by atoms with Crippen molar-refractivity contribution in [3.63, 3.8) is 0 Å². The van der Waals surface area contributed by atoms with Gasteiger partial charge in [-0.05, 0) is 6.92 Å². The lowest BCUT2D eigenvalue weighted by atomic mass is 10.4. The van der Waals surface area contributed by atoms with E-state index in [0.29, 0.717) is 13.1 Å². The van der Waals surface area contributed by atoms with Gasteiger partial charge in [-0.2, -0.15) is 0 Å². The van der Waals surface area contributed by atoms with Gasteiger partial charge in [0.15, 0.2) is 0 Å². The zero-order chi connectivity index (χ0) is 7.98. The Morgan fingerprint density at radius 2 is 2.40 bits per heavy atom. The molecule has 0 bridgehead atoms. The number of nitrogens with zero attached hydrogens (tertiary/aromatic N) is 1. The van der Waals surface area contributed by atoms with Crippen LogP contribution in [0.3, 0.4) is 0 Å². The van der Waals surface area contributed by atoms with E-state index < -0.39 is 0 Å². The fourth-order valence-corrected chi connectivity index (χ4v) is 0.817. The molecular weight excluding hydrogens is 150 g/mol. The zero-order valence-electron chi connectivity index (χ0n) is 6.14. The highest BCUT2D eigenvalue weighted by Gasteiger charge is 2.06. The average Bonchev–Trinajstić information content (AvgIpc) is 1.99. The first kappa shape index (κ1) is 9.50. The fourth-order valence-electron chi connectivity index (χ4n) is 0.648. The number of carbonyl (C=O) groups excluding carboxylic acids is 1. The summed E-state index contributed by atoms with van der Waals surface area (Å²) in [6, 6.07) is 0. The number of hydrogen-bond donors (Lipinski definition) is 0. The quantitative estimate of drug-likeness (QED) is 0.449. The van der Waals surface area contributed by atoms with Crippen LogP contribution in [0.5, 0.6) is 0 Å². The van der Waals surface area contributed by atoms with Crippen molar-refractivity contribution in [1.82, 2.24) is 4.90 Å². The summed E-state index contributed by atoms with van der Waals surface area (Å²) in [4.78, 5) is 12.5. The standard InChI is InChI=1S/C7H12ClNO/c1-3-5-9(4-2)7(10)6-8/h3H,1,4-6H2,2H3. The highest BCUT2D eigenvalue weighted by molar-refractivity contribution is 6.27. The third-order valence-corrected chi connectivity index (χ3v) is 1.43. The van der Waals surface area contributed by atoms with E-state index in [1.54, 1.807) is 11.0 Å². The SMILES string of the molecule is C=CCN(CC)C(=O)CCl. The van der Waals surface area contributed by atoms with Crippen molar-refractivity contribution < 1.29 is 4.79 Å². The van der Waals surface area contributed by atoms with Crippen LogP contribution in [0.15, 0.2) is 12.7 Å². The lowest BCUT2D eigenvalue weighted by Gasteiger charge is -2.16. The minimum atomic E-state index is -0.0379. The maximum absolute atomic E-state index is 10.9. The van der Waals surface area contributed by atoms with Crippen LogP contribution in [0.2, 0.25) is 0 Å². The van der Waals surface area contributed by atoms with Crippen LogP contribution in [-0.4, -0.2) is 29.8 Å². The molecule has 0 aliphatic rings. The number of carbonyl (C=O) groups is 1. The molecule has 0 aliphatic heterocycles. The lowest BCUT2D eigenvalue weighted by molar-refractivity contribution is -0.127. The van der Waals surface area contributed by atoms with Gasteiger partial charge in [0, 0.05) is 13.1 Å². The summed E-state index contributed by atoms with van der Waals surface area (Å²) >= 11 is 5.34. The first-order valence-corrected chi connectivity index (χ1v) is 3.74. The van der Waals surface area contributed by atoms with Crippen molar-refractivity contribution in [2.24, 2.45) is 0 Å². The van der Waals surface area contributed by atoms with Crippen LogP contribution in [0, 0.1) is 0 Å². The Hall–Kier alpha value is -0.500. The molecule has 0 unspecified atom stereocenters. The van der Waals surface area contributed by atoms with Crippen molar-refractivity contribution in [2.75, 3.05) is 19.0 Å². The predicted octanol–water partition coefficient (Wildman–Crippen LogP) is 1.26. The van der Waals surface area contributed by atoms with Crippen LogP contribution in [-0.2, 0) is 4.79 Å². The van der Waals surface area contributed by atoms with Gasteiger partial charge in [-0.15, -0.1) is 18.2 Å². The van der Waals surface area contributed by atoms with E-state index in [-0.39, 0.29) is 11.8 Å². The molecule has 0 aromatic heterocycles. The van der Waals surface area contributed by atoms with Gasteiger partial charge < -0.3 is 4.90 Å². The van der Waals surface area contributed by atoms with Gasteiger partial charge in [-0.1, -0.05) is 6.08 Å². The Morgan fingerprint density at radius 1 is 1.80 bits per heavy atom. The fraction of sp³-hybridized carbons (Fsp3) is 0.571. The van der Waals surface area contributed by atoms with Gasteiger partial charge in [0.05, 0.1) is 0 Å². The predicted molar refractivity (Wildman–Crippen MR) is 43.2 cm³/mol. The van der Waals surface area contributed by atoms with Gasteiger partial charge in [0.1, 0.15) is 5.88 Å². The van der Waals surface area contributed by atoms with E-state index in [4.69, 9.17) is 11.6 Å². The van der Waals surface area contributed by atoms with Gasteiger partial charge in [0.2, 0.25) is 5.91 Å². The monoisotopic (exact) mass is 161 g/mol. The number of likely N-dealkylation sites (N-methyl/N-ethyl adjacent to an activating group) is 1. The van der Waals surface area contributed by atoms with E-state index in [1.165, 1.54) is 0 Å². The Labute approximate surface area is 66.5 Å². The van der Waals surface area contributed by atoms with Crippen LogP contribution in [0.1, 0.15) is 6.92 Å². The van der Waals surface area contributed by atoms with Gasteiger partial charge in [0.25, 0.3) is 0 Å². The minimum Gasteiger partial charge on any atom is -0.338 e. The summed E-state index contributed by atoms with van der Waals surface area (Å²) in [5.74, 6) is 0.0193. The lowest BCUT2D eigenvalue weighted by Crippen LogP contribution is -2.31. The van der Waals surface area contributed by atoms with E-state index in [0.717, 1.165) is 0 Å². The zero-order valence-corrected chi connectivity index (χ0v) is 6.90. The molecule has 0 N–H and O–H groups in total. The summed E-state index contributed by atoms with van der Waals surface area (Å²) in [6.07, 6.45) is 1.69. The van der Waals surface area contributed by atoms with Gasteiger partial charge in [-0.25, -0.2) is 0 Å². The van der Waals surface area contributed by atoms with Crippen LogP contribution in [0.4, 0.5) is 0 Å². The number of halogens is 1. The molecule has 0 saturated carbocycles. The van der Waals surface area contributed by atoms with E-state index in [2.05, 4.69) is 6.58 Å². The van der Waals surface area contributed by atoms with Crippen molar-refractivity contribution in [1.29, 1.82) is 0 Å². The third kappa shape index (κ3) is 2.87.